The average molecular weight is 336 g/mol. The third-order valence-corrected chi connectivity index (χ3v) is 3.27. The van der Waals surface area contributed by atoms with Crippen LogP contribution in [0.15, 0.2) is 54.1 Å². The number of nitriles is 1. The first-order valence-corrected chi connectivity index (χ1v) is 7.86. The van der Waals surface area contributed by atoms with E-state index in [0.29, 0.717) is 22.7 Å². The van der Waals surface area contributed by atoms with E-state index < -0.39 is 5.91 Å². The summed E-state index contributed by atoms with van der Waals surface area (Å²) in [6.45, 7) is 3.85. The van der Waals surface area contributed by atoms with Crippen molar-refractivity contribution in [3.63, 3.8) is 0 Å². The third kappa shape index (κ3) is 5.11. The molecule has 0 atom stereocenters. The Balaban J connectivity index is 2.21. The number of rotatable bonds is 6. The number of amides is 1. The van der Waals surface area contributed by atoms with Crippen LogP contribution in [-0.2, 0) is 4.79 Å². The van der Waals surface area contributed by atoms with Crippen LogP contribution in [0.25, 0.3) is 6.08 Å². The number of nitrogens with one attached hydrogen (secondary N) is 1. The molecule has 0 radical (unpaired) electrons. The first-order valence-electron chi connectivity index (χ1n) is 7.86. The van der Waals surface area contributed by atoms with E-state index in [4.69, 9.17) is 9.47 Å². The molecule has 0 aliphatic carbocycles. The lowest BCUT2D eigenvalue weighted by Crippen LogP contribution is -2.14. The van der Waals surface area contributed by atoms with Gasteiger partial charge in [-0.1, -0.05) is 24.3 Å². The molecule has 2 aromatic rings. The Morgan fingerprint density at radius 2 is 1.96 bits per heavy atom. The second-order valence-corrected chi connectivity index (χ2v) is 5.56. The van der Waals surface area contributed by atoms with Gasteiger partial charge in [0.25, 0.3) is 5.91 Å². The normalized spacial score (nSPS) is 10.9. The van der Waals surface area contributed by atoms with Crippen LogP contribution in [0.5, 0.6) is 11.5 Å². The molecule has 2 aromatic carbocycles. The van der Waals surface area contributed by atoms with Crippen molar-refractivity contribution < 1.29 is 14.3 Å². The minimum atomic E-state index is -0.491. The highest BCUT2D eigenvalue weighted by Crippen LogP contribution is 2.22. The Labute approximate surface area is 147 Å². The van der Waals surface area contributed by atoms with Gasteiger partial charge in [0.15, 0.2) is 0 Å². The lowest BCUT2D eigenvalue weighted by Gasteiger charge is -2.11. The Kier molecular flexibility index (Phi) is 6.19. The van der Waals surface area contributed by atoms with Crippen molar-refractivity contribution in [3.05, 3.63) is 59.7 Å². The number of para-hydroxylation sites is 1. The number of ether oxygens (including phenoxy) is 2. The van der Waals surface area contributed by atoms with Gasteiger partial charge in [0.1, 0.15) is 23.1 Å². The summed E-state index contributed by atoms with van der Waals surface area (Å²) in [6.07, 6.45) is 1.54. The van der Waals surface area contributed by atoms with Crippen molar-refractivity contribution in [2.45, 2.75) is 20.0 Å². The maximum atomic E-state index is 12.4. The molecule has 0 aliphatic rings. The second kappa shape index (κ2) is 8.55. The van der Waals surface area contributed by atoms with Crippen molar-refractivity contribution in [2.75, 3.05) is 12.4 Å². The zero-order valence-electron chi connectivity index (χ0n) is 14.4. The molecule has 0 heterocycles. The van der Waals surface area contributed by atoms with Crippen molar-refractivity contribution in [3.8, 4) is 17.6 Å². The van der Waals surface area contributed by atoms with E-state index in [1.807, 2.05) is 38.1 Å². The fraction of sp³-hybridized carbons (Fsp3) is 0.200. The third-order valence-electron chi connectivity index (χ3n) is 3.27. The van der Waals surface area contributed by atoms with Gasteiger partial charge in [-0.25, -0.2) is 0 Å². The van der Waals surface area contributed by atoms with Crippen molar-refractivity contribution >= 4 is 17.7 Å². The van der Waals surface area contributed by atoms with Crippen LogP contribution in [-0.4, -0.2) is 19.1 Å². The van der Waals surface area contributed by atoms with Gasteiger partial charge in [-0.3, -0.25) is 4.79 Å². The van der Waals surface area contributed by atoms with E-state index in [2.05, 4.69) is 5.32 Å². The summed E-state index contributed by atoms with van der Waals surface area (Å²) in [7, 11) is 1.54. The zero-order chi connectivity index (χ0) is 18.2. The van der Waals surface area contributed by atoms with Crippen molar-refractivity contribution in [2.24, 2.45) is 0 Å². The molecule has 0 saturated heterocycles. The molecule has 1 amide bonds. The molecule has 0 fully saturated rings. The molecular weight excluding hydrogens is 316 g/mol. The quantitative estimate of drug-likeness (QED) is 0.638. The second-order valence-electron chi connectivity index (χ2n) is 5.56. The Morgan fingerprint density at radius 1 is 1.20 bits per heavy atom. The summed E-state index contributed by atoms with van der Waals surface area (Å²) in [5.74, 6) is 0.755. The molecule has 128 valence electrons. The maximum Gasteiger partial charge on any atom is 0.266 e. The number of carbonyl (C=O) groups is 1. The van der Waals surface area contributed by atoms with E-state index >= 15 is 0 Å². The molecule has 0 aliphatic heterocycles. The van der Waals surface area contributed by atoms with Crippen LogP contribution in [0, 0.1) is 11.3 Å². The van der Waals surface area contributed by atoms with E-state index in [0.717, 1.165) is 0 Å². The minimum absolute atomic E-state index is 0.0142. The summed E-state index contributed by atoms with van der Waals surface area (Å²) < 4.78 is 10.8. The molecule has 2 rings (SSSR count). The van der Waals surface area contributed by atoms with Crippen LogP contribution in [0.3, 0.4) is 0 Å². The SMILES string of the molecule is COc1ccccc1/C=C(/C#N)C(=O)Nc1cccc(OC(C)C)c1. The fourth-order valence-electron chi connectivity index (χ4n) is 2.21. The van der Waals surface area contributed by atoms with Gasteiger partial charge in [0.2, 0.25) is 0 Å². The minimum Gasteiger partial charge on any atom is -0.496 e. The topological polar surface area (TPSA) is 71.3 Å². The van der Waals surface area contributed by atoms with Gasteiger partial charge in [0.05, 0.1) is 13.2 Å². The van der Waals surface area contributed by atoms with E-state index in [1.54, 1.807) is 37.4 Å². The van der Waals surface area contributed by atoms with E-state index in [-0.39, 0.29) is 11.7 Å². The summed E-state index contributed by atoms with van der Waals surface area (Å²) in [5.41, 5.74) is 1.21. The number of hydrogen-bond donors (Lipinski definition) is 1. The summed E-state index contributed by atoms with van der Waals surface area (Å²) in [6, 6.07) is 16.2. The number of benzene rings is 2. The Hall–Kier alpha value is -3.26. The van der Waals surface area contributed by atoms with Gasteiger partial charge in [-0.05, 0) is 38.1 Å². The van der Waals surface area contributed by atoms with Crippen LogP contribution in [0.1, 0.15) is 19.4 Å². The van der Waals surface area contributed by atoms with E-state index in [1.165, 1.54) is 6.08 Å². The van der Waals surface area contributed by atoms with Crippen LogP contribution < -0.4 is 14.8 Å². The Morgan fingerprint density at radius 3 is 2.64 bits per heavy atom. The highest BCUT2D eigenvalue weighted by atomic mass is 16.5. The zero-order valence-corrected chi connectivity index (χ0v) is 14.4. The lowest BCUT2D eigenvalue weighted by molar-refractivity contribution is -0.112. The van der Waals surface area contributed by atoms with Gasteiger partial charge in [0, 0.05) is 17.3 Å². The lowest BCUT2D eigenvalue weighted by atomic mass is 10.1. The highest BCUT2D eigenvalue weighted by molar-refractivity contribution is 6.09. The average Bonchev–Trinajstić information content (AvgIpc) is 2.59. The van der Waals surface area contributed by atoms with Crippen LogP contribution >= 0.6 is 0 Å². The smallest absolute Gasteiger partial charge is 0.266 e. The maximum absolute atomic E-state index is 12.4. The standard InChI is InChI=1S/C20H20N2O3/c1-14(2)25-18-9-6-8-17(12-18)22-20(23)16(13-21)11-15-7-4-5-10-19(15)24-3/h4-12,14H,1-3H3,(H,22,23)/b16-11-. The molecule has 0 spiro atoms. The molecule has 0 saturated carbocycles. The molecule has 1 N–H and O–H groups in total. The summed E-state index contributed by atoms with van der Waals surface area (Å²) >= 11 is 0. The first kappa shape index (κ1) is 18.1. The number of carbonyl (C=O) groups excluding carboxylic acids is 1. The number of hydrogen-bond acceptors (Lipinski definition) is 4. The first-order chi connectivity index (χ1) is 12.0. The fourth-order valence-corrected chi connectivity index (χ4v) is 2.21. The summed E-state index contributed by atoms with van der Waals surface area (Å²) in [5, 5.41) is 12.0. The molecule has 5 heteroatoms. The Bertz CT molecular complexity index is 820. The van der Waals surface area contributed by atoms with Gasteiger partial charge < -0.3 is 14.8 Å². The van der Waals surface area contributed by atoms with Crippen LogP contribution in [0.2, 0.25) is 0 Å². The summed E-state index contributed by atoms with van der Waals surface area (Å²) in [4.78, 5) is 12.4. The van der Waals surface area contributed by atoms with E-state index in [9.17, 15) is 10.1 Å². The van der Waals surface area contributed by atoms with Crippen LogP contribution in [0.4, 0.5) is 5.69 Å². The molecule has 0 aromatic heterocycles. The molecule has 0 unspecified atom stereocenters. The molecular formula is C20H20N2O3. The van der Waals surface area contributed by atoms with Gasteiger partial charge >= 0.3 is 0 Å². The van der Waals surface area contributed by atoms with Gasteiger partial charge in [-0.2, -0.15) is 5.26 Å². The van der Waals surface area contributed by atoms with Gasteiger partial charge in [-0.15, -0.1) is 0 Å². The molecule has 0 bridgehead atoms. The number of methoxy groups -OCH3 is 1. The number of anilines is 1. The monoisotopic (exact) mass is 336 g/mol. The largest absolute Gasteiger partial charge is 0.496 e. The predicted molar refractivity (Wildman–Crippen MR) is 97.4 cm³/mol. The molecule has 5 nitrogen and oxygen atoms in total. The molecule has 25 heavy (non-hydrogen) atoms. The van der Waals surface area contributed by atoms with Crippen molar-refractivity contribution in [1.29, 1.82) is 5.26 Å². The number of nitrogens with zero attached hydrogens (tertiary/aromatic N) is 1. The highest BCUT2D eigenvalue weighted by Gasteiger charge is 2.11. The van der Waals surface area contributed by atoms with Crippen molar-refractivity contribution in [1.82, 2.24) is 0 Å². The predicted octanol–water partition coefficient (Wildman–Crippen LogP) is 4.03.